The third kappa shape index (κ3) is 2.47. The third-order valence-electron chi connectivity index (χ3n) is 12.5. The van der Waals surface area contributed by atoms with E-state index in [1.807, 2.05) is 48.5 Å². The van der Waals surface area contributed by atoms with Crippen molar-refractivity contribution in [2.24, 2.45) is 0 Å². The number of amides is 4. The lowest BCUT2D eigenvalue weighted by molar-refractivity contribution is -0.169. The molecule has 244 valence electrons. The second-order valence-electron chi connectivity index (χ2n) is 13.7. The van der Waals surface area contributed by atoms with Crippen LogP contribution in [0.3, 0.4) is 0 Å². The Labute approximate surface area is 284 Å². The molecular formula is C31H29N5O7S4. The number of hydrogen-bond donors (Lipinski definition) is 4. The van der Waals surface area contributed by atoms with E-state index in [0.29, 0.717) is 23.2 Å². The van der Waals surface area contributed by atoms with Gasteiger partial charge in [0.2, 0.25) is 14.6 Å². The van der Waals surface area contributed by atoms with Crippen molar-refractivity contribution in [1.82, 2.24) is 19.6 Å². The van der Waals surface area contributed by atoms with E-state index < -0.39 is 79.1 Å². The van der Waals surface area contributed by atoms with Crippen LogP contribution in [-0.2, 0) is 36.4 Å². The Balaban J connectivity index is 1.35. The molecule has 0 saturated carbocycles. The normalized spacial score (nSPS) is 46.4. The first-order valence-corrected chi connectivity index (χ1v) is 19.6. The standard InChI is InChI=1S/C31H29N5O7S4/c1-26-22(40)35-18-12-14-8-4-5-9-15(14)28(18,19(38)30(35,46-44-26)24(42)33(26)2)29-16-10-6-7-11-17(16)32-21(29)36-23(41)27(13-37)34(3)25(43)31(36,20(29)39)47-45-27/h4-11,18-21,32,37-39H,12-13H2,1-3H3. The maximum atomic E-state index is 14.7. The lowest BCUT2D eigenvalue weighted by Gasteiger charge is -2.58. The summed E-state index contributed by atoms with van der Waals surface area (Å²) in [5, 5.41) is 40.8. The van der Waals surface area contributed by atoms with E-state index in [-0.39, 0.29) is 5.91 Å². The first-order valence-electron chi connectivity index (χ1n) is 15.3. The molecule has 8 saturated heterocycles. The Morgan fingerprint density at radius 1 is 0.766 bits per heavy atom. The van der Waals surface area contributed by atoms with Crippen LogP contribution in [0.2, 0.25) is 0 Å². The highest BCUT2D eigenvalue weighted by molar-refractivity contribution is 8.78. The minimum atomic E-state index is -1.84. The Kier molecular flexibility index (Phi) is 5.24. The van der Waals surface area contributed by atoms with Crippen molar-refractivity contribution in [2.45, 2.75) is 68.1 Å². The minimum absolute atomic E-state index is 0.291. The molecule has 10 atom stereocenters. The van der Waals surface area contributed by atoms with Gasteiger partial charge in [-0.1, -0.05) is 53.3 Å². The molecule has 2 aromatic rings. The quantitative estimate of drug-likeness (QED) is 0.321. The molecule has 2 spiro atoms. The van der Waals surface area contributed by atoms with Gasteiger partial charge in [-0.15, -0.1) is 0 Å². The van der Waals surface area contributed by atoms with Crippen LogP contribution in [0.1, 0.15) is 23.6 Å². The molecule has 4 bridgehead atoms. The summed E-state index contributed by atoms with van der Waals surface area (Å²) in [6.45, 7) is 1.08. The number of nitrogens with one attached hydrogen (secondary N) is 1. The highest BCUT2D eigenvalue weighted by Crippen LogP contribution is 2.78. The summed E-state index contributed by atoms with van der Waals surface area (Å²) < 4.78 is 0. The van der Waals surface area contributed by atoms with Gasteiger partial charge in [0, 0.05) is 19.8 Å². The first kappa shape index (κ1) is 29.3. The fourth-order valence-electron chi connectivity index (χ4n) is 10.4. The Morgan fingerprint density at radius 2 is 1.38 bits per heavy atom. The molecule has 4 amide bonds. The minimum Gasteiger partial charge on any atom is -0.392 e. The number of aliphatic hydroxyl groups is 3. The SMILES string of the molecule is CN1C(=O)C23SSC1(C)C(=O)N2C1Cc2ccccc2C1(C12c4ccccc4NC1N1C(=O)C4(CO)SSC1(C(=O)N4C)C2O)C3O. The van der Waals surface area contributed by atoms with Crippen molar-refractivity contribution in [1.29, 1.82) is 0 Å². The van der Waals surface area contributed by atoms with E-state index >= 15 is 0 Å². The number of carbonyl (C=O) groups is 4. The Bertz CT molecular complexity index is 1920. The number of anilines is 1. The number of carbonyl (C=O) groups excluding carboxylic acids is 4. The number of nitrogens with zero attached hydrogens (tertiary/aromatic N) is 4. The van der Waals surface area contributed by atoms with Crippen LogP contribution in [0, 0.1) is 0 Å². The summed E-state index contributed by atoms with van der Waals surface area (Å²) in [6, 6.07) is 14.1. The van der Waals surface area contributed by atoms with Gasteiger partial charge in [0.25, 0.3) is 23.6 Å². The molecule has 0 aromatic heterocycles. The number of hydrogen-bond acceptors (Lipinski definition) is 12. The van der Waals surface area contributed by atoms with Crippen molar-refractivity contribution in [3.05, 3.63) is 65.2 Å². The van der Waals surface area contributed by atoms with Crippen molar-refractivity contribution >= 4 is 72.5 Å². The third-order valence-corrected chi connectivity index (χ3v) is 19.8. The van der Waals surface area contributed by atoms with Crippen LogP contribution in [-0.4, -0.2) is 123 Å². The zero-order chi connectivity index (χ0) is 32.8. The zero-order valence-corrected chi connectivity index (χ0v) is 28.5. The molecule has 9 aliphatic heterocycles. The number of piperazine rings is 2. The number of para-hydroxylation sites is 1. The monoisotopic (exact) mass is 711 g/mol. The smallest absolute Gasteiger partial charge is 0.265 e. The van der Waals surface area contributed by atoms with Crippen LogP contribution >= 0.6 is 43.2 Å². The van der Waals surface area contributed by atoms with Gasteiger partial charge >= 0.3 is 0 Å². The predicted molar refractivity (Wildman–Crippen MR) is 176 cm³/mol. The van der Waals surface area contributed by atoms with Gasteiger partial charge in [-0.2, -0.15) is 0 Å². The second-order valence-corrected chi connectivity index (χ2v) is 19.1. The van der Waals surface area contributed by atoms with E-state index in [2.05, 4.69) is 5.32 Å². The molecule has 8 fully saturated rings. The highest BCUT2D eigenvalue weighted by atomic mass is 33.1. The van der Waals surface area contributed by atoms with Crippen LogP contribution < -0.4 is 5.32 Å². The summed E-state index contributed by atoms with van der Waals surface area (Å²) in [6.07, 6.45) is -4.00. The molecular weight excluding hydrogens is 683 g/mol. The average molecular weight is 712 g/mol. The fraction of sp³-hybridized carbons (Fsp3) is 0.484. The van der Waals surface area contributed by atoms with E-state index in [1.54, 1.807) is 18.9 Å². The van der Waals surface area contributed by atoms with Crippen LogP contribution in [0.15, 0.2) is 48.5 Å². The summed E-state index contributed by atoms with van der Waals surface area (Å²) >= 11 is 0. The maximum absolute atomic E-state index is 14.7. The highest BCUT2D eigenvalue weighted by Gasteiger charge is 2.92. The Morgan fingerprint density at radius 3 is 2.13 bits per heavy atom. The number of rotatable bonds is 2. The molecule has 16 heteroatoms. The van der Waals surface area contributed by atoms with E-state index in [9.17, 15) is 34.5 Å². The average Bonchev–Trinajstić information content (AvgIpc) is 3.72. The molecule has 12 nitrogen and oxygen atoms in total. The van der Waals surface area contributed by atoms with Crippen LogP contribution in [0.5, 0.6) is 0 Å². The molecule has 0 radical (unpaired) electrons. The van der Waals surface area contributed by atoms with E-state index in [0.717, 1.165) is 27.2 Å². The summed E-state index contributed by atoms with van der Waals surface area (Å²) in [5.41, 5.74) is -0.517. The lowest BCUT2D eigenvalue weighted by atomic mass is 9.51. The zero-order valence-electron chi connectivity index (χ0n) is 25.2. The largest absolute Gasteiger partial charge is 0.392 e. The molecule has 47 heavy (non-hydrogen) atoms. The Hall–Kier alpha value is -2.60. The number of aliphatic hydroxyl groups excluding tert-OH is 3. The van der Waals surface area contributed by atoms with Gasteiger partial charge in [-0.25, -0.2) is 0 Å². The molecule has 10 unspecified atom stereocenters. The molecule has 4 N–H and O–H groups in total. The lowest BCUT2D eigenvalue weighted by Crippen LogP contribution is -2.79. The second kappa shape index (κ2) is 8.40. The predicted octanol–water partition coefficient (Wildman–Crippen LogP) is 0.476. The fourth-order valence-corrected chi connectivity index (χ4v) is 17.6. The van der Waals surface area contributed by atoms with Gasteiger partial charge in [0.1, 0.15) is 18.4 Å². The summed E-state index contributed by atoms with van der Waals surface area (Å²) in [4.78, 5) is 57.8. The van der Waals surface area contributed by atoms with Gasteiger partial charge in [-0.05, 0) is 68.5 Å². The van der Waals surface area contributed by atoms with Crippen molar-refractivity contribution in [2.75, 3.05) is 26.0 Å². The van der Waals surface area contributed by atoms with E-state index in [4.69, 9.17) is 0 Å². The molecule has 2 aromatic carbocycles. The van der Waals surface area contributed by atoms with Gasteiger partial charge in [0.15, 0.2) is 4.87 Å². The number of likely N-dealkylation sites (N-methyl/N-ethyl adjacent to an activating group) is 2. The molecule has 12 rings (SSSR count). The van der Waals surface area contributed by atoms with Gasteiger partial charge < -0.3 is 35.3 Å². The number of benzene rings is 2. The van der Waals surface area contributed by atoms with Crippen molar-refractivity contribution in [3.8, 4) is 0 Å². The van der Waals surface area contributed by atoms with Gasteiger partial charge in [-0.3, -0.25) is 24.1 Å². The van der Waals surface area contributed by atoms with Crippen LogP contribution in [0.25, 0.3) is 0 Å². The topological polar surface area (TPSA) is 154 Å². The molecule has 10 aliphatic rings. The summed E-state index contributed by atoms with van der Waals surface area (Å²) in [7, 11) is 7.57. The maximum Gasteiger partial charge on any atom is 0.265 e. The van der Waals surface area contributed by atoms with Crippen LogP contribution in [0.4, 0.5) is 5.69 Å². The number of fused-ring (bicyclic) bond motifs is 11. The summed E-state index contributed by atoms with van der Waals surface area (Å²) in [5.74, 6) is -1.79. The van der Waals surface area contributed by atoms with Crippen molar-refractivity contribution < 1.29 is 34.5 Å². The van der Waals surface area contributed by atoms with Crippen molar-refractivity contribution in [3.63, 3.8) is 0 Å². The van der Waals surface area contributed by atoms with E-state index in [1.165, 1.54) is 43.3 Å². The molecule has 1 aliphatic carbocycles. The first-order chi connectivity index (χ1) is 22.4. The van der Waals surface area contributed by atoms with Gasteiger partial charge in [0.05, 0.1) is 23.5 Å². The molecule has 9 heterocycles.